The summed E-state index contributed by atoms with van der Waals surface area (Å²) in [5.41, 5.74) is -0.157. The van der Waals surface area contributed by atoms with Crippen molar-refractivity contribution in [2.24, 2.45) is 5.41 Å². The van der Waals surface area contributed by atoms with E-state index in [1.807, 2.05) is 13.8 Å². The molecule has 2 saturated heterocycles. The van der Waals surface area contributed by atoms with Gasteiger partial charge in [-0.25, -0.2) is 0 Å². The van der Waals surface area contributed by atoms with E-state index in [2.05, 4.69) is 69.2 Å². The number of hydrogen-bond donors (Lipinski definition) is 0. The predicted molar refractivity (Wildman–Crippen MR) is 126 cm³/mol. The molecule has 0 saturated carbocycles. The fraction of sp³-hybridized carbons (Fsp3) is 1.00. The molecule has 2 aliphatic rings. The first-order valence-corrected chi connectivity index (χ1v) is 10.3. The molecule has 29 heavy (non-hydrogen) atoms. The number of hydrogen-bond acceptors (Lipinski definition) is 4. The van der Waals surface area contributed by atoms with Gasteiger partial charge in [-0.05, 0) is 39.3 Å². The highest BCUT2D eigenvalue weighted by molar-refractivity contribution is 6.47. The lowest BCUT2D eigenvalue weighted by Crippen LogP contribution is -2.41. The van der Waals surface area contributed by atoms with Crippen LogP contribution >= 0.6 is 0 Å². The molecule has 0 aliphatic carbocycles. The zero-order valence-electron chi connectivity index (χ0n) is 21.0. The minimum Gasteiger partial charge on any atom is -0.412 e. The van der Waals surface area contributed by atoms with E-state index in [1.54, 1.807) is 0 Å². The highest BCUT2D eigenvalue weighted by Gasteiger charge is 2.51. The summed E-state index contributed by atoms with van der Waals surface area (Å²) in [5, 5.41) is 0. The molecule has 0 aromatic rings. The standard InChI is InChI=1S/C9H19BO2.C8H17BO2.C3H7B.2H2O/c1-7(2)10-11-8(3,4)9(5,6)12-10;1-7(2)9-10-5-8(3,4)6-11-9;1-3(2)4;;/h7H,1-6H3;7H,5-6H2,1-4H3;3H,1-2H3;2*1H2. The van der Waals surface area contributed by atoms with E-state index in [-0.39, 0.29) is 41.8 Å². The van der Waals surface area contributed by atoms with Gasteiger partial charge in [0.2, 0.25) is 0 Å². The van der Waals surface area contributed by atoms with Crippen LogP contribution in [0.25, 0.3) is 0 Å². The Balaban J connectivity index is -0.000000374. The molecule has 4 N–H and O–H groups in total. The fourth-order valence-electron chi connectivity index (χ4n) is 2.25. The summed E-state index contributed by atoms with van der Waals surface area (Å²) >= 11 is 0. The van der Waals surface area contributed by atoms with Crippen LogP contribution in [0.4, 0.5) is 0 Å². The second-order valence-corrected chi connectivity index (χ2v) is 10.5. The third-order valence-corrected chi connectivity index (χ3v) is 4.64. The zero-order chi connectivity index (χ0) is 21.6. The van der Waals surface area contributed by atoms with Gasteiger partial charge >= 0.3 is 14.2 Å². The van der Waals surface area contributed by atoms with Gasteiger partial charge in [0.1, 0.15) is 0 Å². The summed E-state index contributed by atoms with van der Waals surface area (Å²) in [5.74, 6) is 1.22. The lowest BCUT2D eigenvalue weighted by atomic mass is 9.72. The van der Waals surface area contributed by atoms with Crippen LogP contribution in [0.5, 0.6) is 0 Å². The van der Waals surface area contributed by atoms with Crippen LogP contribution < -0.4 is 0 Å². The van der Waals surface area contributed by atoms with Gasteiger partial charge in [0.15, 0.2) is 0 Å². The first-order valence-electron chi connectivity index (χ1n) is 10.3. The molecule has 2 radical (unpaired) electrons. The second kappa shape index (κ2) is 13.4. The van der Waals surface area contributed by atoms with E-state index in [4.69, 9.17) is 26.5 Å². The molecule has 6 nitrogen and oxygen atoms in total. The first-order chi connectivity index (χ1) is 12.0. The molecule has 172 valence electrons. The minimum atomic E-state index is -0.179. The molecule has 2 heterocycles. The van der Waals surface area contributed by atoms with Crippen molar-refractivity contribution in [2.75, 3.05) is 13.2 Å². The van der Waals surface area contributed by atoms with E-state index in [1.165, 1.54) is 0 Å². The Hall–Kier alpha value is -0.0452. The predicted octanol–water partition coefficient (Wildman–Crippen LogP) is 3.78. The van der Waals surface area contributed by atoms with Gasteiger partial charge < -0.3 is 29.6 Å². The van der Waals surface area contributed by atoms with Gasteiger partial charge in [-0.1, -0.05) is 61.2 Å². The molecule has 0 aromatic carbocycles. The zero-order valence-corrected chi connectivity index (χ0v) is 21.0. The third-order valence-electron chi connectivity index (χ3n) is 4.64. The van der Waals surface area contributed by atoms with Crippen molar-refractivity contribution < 1.29 is 29.6 Å². The highest BCUT2D eigenvalue weighted by Crippen LogP contribution is 2.39. The summed E-state index contributed by atoms with van der Waals surface area (Å²) in [6.45, 7) is 26.6. The Morgan fingerprint density at radius 1 is 0.655 bits per heavy atom. The molecule has 2 aliphatic heterocycles. The maximum absolute atomic E-state index is 5.80. The van der Waals surface area contributed by atoms with Crippen molar-refractivity contribution in [3.8, 4) is 0 Å². The number of rotatable bonds is 2. The molecule has 0 bridgehead atoms. The Labute approximate surface area is 182 Å². The van der Waals surface area contributed by atoms with Crippen molar-refractivity contribution in [1.29, 1.82) is 0 Å². The summed E-state index contributed by atoms with van der Waals surface area (Å²) < 4.78 is 22.7. The fourth-order valence-corrected chi connectivity index (χ4v) is 2.25. The lowest BCUT2D eigenvalue weighted by Gasteiger charge is -2.34. The van der Waals surface area contributed by atoms with Crippen molar-refractivity contribution in [3.63, 3.8) is 0 Å². The maximum atomic E-state index is 5.80. The van der Waals surface area contributed by atoms with Crippen LogP contribution in [0, 0.1) is 5.41 Å². The molecule has 0 atom stereocenters. The largest absolute Gasteiger partial charge is 0.460 e. The Morgan fingerprint density at radius 2 is 0.931 bits per heavy atom. The van der Waals surface area contributed by atoms with Crippen molar-refractivity contribution in [1.82, 2.24) is 0 Å². The van der Waals surface area contributed by atoms with Gasteiger partial charge in [0, 0.05) is 18.6 Å². The van der Waals surface area contributed by atoms with Crippen molar-refractivity contribution in [3.05, 3.63) is 0 Å². The van der Waals surface area contributed by atoms with Gasteiger partial charge in [-0.15, -0.1) is 0 Å². The molecule has 0 spiro atoms. The second-order valence-electron chi connectivity index (χ2n) is 10.5. The van der Waals surface area contributed by atoms with Crippen LogP contribution in [0.2, 0.25) is 17.5 Å². The average molecular weight is 416 g/mol. The summed E-state index contributed by atoms with van der Waals surface area (Å²) in [4.78, 5) is 0. The van der Waals surface area contributed by atoms with Crippen LogP contribution in [0.3, 0.4) is 0 Å². The van der Waals surface area contributed by atoms with Crippen molar-refractivity contribution >= 4 is 22.1 Å². The van der Waals surface area contributed by atoms with Crippen LogP contribution in [-0.2, 0) is 18.6 Å². The molecule has 0 aromatic heterocycles. The monoisotopic (exact) mass is 416 g/mol. The molecule has 0 amide bonds. The van der Waals surface area contributed by atoms with Gasteiger partial charge in [-0.3, -0.25) is 0 Å². The summed E-state index contributed by atoms with van der Waals surface area (Å²) in [6, 6.07) is 0. The van der Waals surface area contributed by atoms with Crippen LogP contribution in [-0.4, -0.2) is 57.5 Å². The van der Waals surface area contributed by atoms with E-state index in [0.29, 0.717) is 17.5 Å². The smallest absolute Gasteiger partial charge is 0.412 e. The summed E-state index contributed by atoms with van der Waals surface area (Å²) in [7, 11) is 5.08. The Bertz CT molecular complexity index is 400. The molecule has 9 heteroatoms. The molecule has 0 unspecified atom stereocenters. The van der Waals surface area contributed by atoms with Crippen molar-refractivity contribution in [2.45, 2.75) is 112 Å². The van der Waals surface area contributed by atoms with Gasteiger partial charge in [-0.2, -0.15) is 0 Å². The lowest BCUT2D eigenvalue weighted by molar-refractivity contribution is 0.00578. The minimum absolute atomic E-state index is 0. The normalized spacial score (nSPS) is 21.5. The molecule has 2 rings (SSSR count). The SMILES string of the molecule is CC(C)B1OC(C)(C)C(C)(C)O1.CC(C)B1OCC(C)(C)CO1.O.O.[B]C(C)C. The van der Waals surface area contributed by atoms with Crippen LogP contribution in [0.1, 0.15) is 83.1 Å². The van der Waals surface area contributed by atoms with E-state index < -0.39 is 0 Å². The third kappa shape index (κ3) is 12.4. The van der Waals surface area contributed by atoms with Crippen LogP contribution in [0.15, 0.2) is 0 Å². The average Bonchev–Trinajstić information content (AvgIpc) is 2.67. The molecular formula is C20H47B3O6. The Morgan fingerprint density at radius 3 is 1.14 bits per heavy atom. The van der Waals surface area contributed by atoms with E-state index in [9.17, 15) is 0 Å². The maximum Gasteiger partial charge on any atom is 0.460 e. The van der Waals surface area contributed by atoms with E-state index in [0.717, 1.165) is 13.2 Å². The van der Waals surface area contributed by atoms with Gasteiger partial charge in [0.25, 0.3) is 0 Å². The molecular weight excluding hydrogens is 369 g/mol. The van der Waals surface area contributed by atoms with Gasteiger partial charge in [0.05, 0.1) is 19.0 Å². The summed E-state index contributed by atoms with van der Waals surface area (Å²) in [6.07, 6.45) is 0. The Kier molecular flexibility index (Phi) is 15.5. The molecule has 2 fully saturated rings. The first kappa shape index (κ1) is 33.6. The quantitative estimate of drug-likeness (QED) is 0.640. The topological polar surface area (TPSA) is 99.9 Å². The highest BCUT2D eigenvalue weighted by atomic mass is 16.7. The van der Waals surface area contributed by atoms with E-state index >= 15 is 0 Å².